The SMILES string of the molecule is CC[C@]12CCC3[C@@H](CCC4C[C@@H](C)CC[C@@H]43)C1CCC[C@@H]2CNC(=O)c1ccc(C#N)cc1. The van der Waals surface area contributed by atoms with Crippen LogP contribution in [0.1, 0.15) is 100 Å². The molecule has 1 aromatic carbocycles. The molecule has 1 N–H and O–H groups in total. The van der Waals surface area contributed by atoms with Gasteiger partial charge >= 0.3 is 0 Å². The summed E-state index contributed by atoms with van der Waals surface area (Å²) in [4.78, 5) is 12.9. The van der Waals surface area contributed by atoms with E-state index in [1.54, 1.807) is 24.3 Å². The van der Waals surface area contributed by atoms with Crippen LogP contribution in [0.3, 0.4) is 0 Å². The molecular weight excluding hydrogens is 404 g/mol. The Morgan fingerprint density at radius 2 is 1.82 bits per heavy atom. The molecule has 0 saturated heterocycles. The van der Waals surface area contributed by atoms with E-state index < -0.39 is 0 Å². The molecule has 8 atom stereocenters. The van der Waals surface area contributed by atoms with E-state index in [0.29, 0.717) is 22.5 Å². The van der Waals surface area contributed by atoms with E-state index in [1.807, 2.05) is 0 Å². The minimum Gasteiger partial charge on any atom is -0.352 e. The predicted octanol–water partition coefficient (Wildman–Crippen LogP) is 6.97. The molecule has 1 aromatic rings. The van der Waals surface area contributed by atoms with E-state index in [9.17, 15) is 4.79 Å². The maximum Gasteiger partial charge on any atom is 0.251 e. The van der Waals surface area contributed by atoms with Crippen LogP contribution in [0.15, 0.2) is 24.3 Å². The molecule has 4 fully saturated rings. The first kappa shape index (κ1) is 22.9. The van der Waals surface area contributed by atoms with E-state index in [0.717, 1.165) is 42.1 Å². The van der Waals surface area contributed by atoms with Crippen molar-refractivity contribution in [3.63, 3.8) is 0 Å². The summed E-state index contributed by atoms with van der Waals surface area (Å²) in [5.41, 5.74) is 1.69. The molecule has 0 heterocycles. The summed E-state index contributed by atoms with van der Waals surface area (Å²) in [5.74, 6) is 6.36. The summed E-state index contributed by atoms with van der Waals surface area (Å²) in [6.07, 6.45) is 15.5. The topological polar surface area (TPSA) is 52.9 Å². The molecule has 0 spiro atoms. The molecule has 3 nitrogen and oxygen atoms in total. The van der Waals surface area contributed by atoms with Crippen LogP contribution in [0.25, 0.3) is 0 Å². The third-order valence-corrected chi connectivity index (χ3v) is 10.8. The number of hydrogen-bond donors (Lipinski definition) is 1. The molecule has 3 heteroatoms. The van der Waals surface area contributed by atoms with Crippen molar-refractivity contribution in [1.82, 2.24) is 5.32 Å². The summed E-state index contributed by atoms with van der Waals surface area (Å²) in [6.45, 7) is 5.72. The Hall–Kier alpha value is -1.82. The zero-order chi connectivity index (χ0) is 23.0. The molecule has 0 bridgehead atoms. The summed E-state index contributed by atoms with van der Waals surface area (Å²) in [5, 5.41) is 12.3. The highest BCUT2D eigenvalue weighted by atomic mass is 16.1. The Balaban J connectivity index is 1.29. The highest BCUT2D eigenvalue weighted by molar-refractivity contribution is 5.94. The Morgan fingerprint density at radius 3 is 2.58 bits per heavy atom. The number of carbonyl (C=O) groups excluding carboxylic acids is 1. The number of carbonyl (C=O) groups is 1. The lowest BCUT2D eigenvalue weighted by atomic mass is 9.44. The maximum absolute atomic E-state index is 12.9. The normalized spacial score (nSPS) is 40.0. The number of nitrogens with zero attached hydrogens (tertiary/aromatic N) is 1. The Kier molecular flexibility index (Phi) is 6.56. The summed E-state index contributed by atoms with van der Waals surface area (Å²) in [7, 11) is 0. The van der Waals surface area contributed by atoms with Crippen molar-refractivity contribution < 1.29 is 4.79 Å². The Labute approximate surface area is 200 Å². The van der Waals surface area contributed by atoms with Gasteiger partial charge in [0, 0.05) is 12.1 Å². The summed E-state index contributed by atoms with van der Waals surface area (Å²) < 4.78 is 0. The number of hydrogen-bond acceptors (Lipinski definition) is 2. The van der Waals surface area contributed by atoms with Crippen molar-refractivity contribution in [1.29, 1.82) is 5.26 Å². The first-order valence-corrected chi connectivity index (χ1v) is 13.8. The fraction of sp³-hybridized carbons (Fsp3) is 0.733. The maximum atomic E-state index is 12.9. The third kappa shape index (κ3) is 4.13. The van der Waals surface area contributed by atoms with Gasteiger partial charge in [-0.3, -0.25) is 4.79 Å². The second-order valence-electron chi connectivity index (χ2n) is 12.0. The fourth-order valence-electron chi connectivity index (χ4n) is 9.26. The molecule has 5 rings (SSSR count). The van der Waals surface area contributed by atoms with Gasteiger partial charge in [0.1, 0.15) is 0 Å². The highest BCUT2D eigenvalue weighted by Gasteiger charge is 2.56. The average molecular weight is 447 g/mol. The minimum atomic E-state index is 0.0124. The standard InChI is InChI=1S/C30H42N2O/c1-3-30-16-15-26-25-13-7-20(2)17-23(25)12-14-27(26)28(30)6-4-5-24(30)19-32-29(33)22-10-8-21(18-31)9-11-22/h8-11,20,23-28H,3-7,12-17,19H2,1-2H3,(H,32,33)/t20-,23?,24+,25-,26?,27+,28?,30+/m0/s1. The Morgan fingerprint density at radius 1 is 1.03 bits per heavy atom. The van der Waals surface area contributed by atoms with E-state index in [1.165, 1.54) is 70.6 Å². The van der Waals surface area contributed by atoms with Crippen LogP contribution >= 0.6 is 0 Å². The zero-order valence-electron chi connectivity index (χ0n) is 20.7. The van der Waals surface area contributed by atoms with Crippen LogP contribution in [-0.2, 0) is 0 Å². The Bertz CT molecular complexity index is 886. The van der Waals surface area contributed by atoms with E-state index in [-0.39, 0.29) is 5.91 Å². The number of amides is 1. The van der Waals surface area contributed by atoms with Gasteiger partial charge in [-0.2, -0.15) is 5.26 Å². The lowest BCUT2D eigenvalue weighted by molar-refractivity contribution is -0.119. The molecule has 33 heavy (non-hydrogen) atoms. The van der Waals surface area contributed by atoms with Crippen molar-refractivity contribution in [3.8, 4) is 6.07 Å². The van der Waals surface area contributed by atoms with Crippen LogP contribution in [0.2, 0.25) is 0 Å². The van der Waals surface area contributed by atoms with Gasteiger partial charge in [-0.1, -0.05) is 26.7 Å². The van der Waals surface area contributed by atoms with Gasteiger partial charge in [0.15, 0.2) is 0 Å². The molecular formula is C30H42N2O. The van der Waals surface area contributed by atoms with E-state index in [4.69, 9.17) is 5.26 Å². The number of benzene rings is 1. The van der Waals surface area contributed by atoms with Gasteiger partial charge in [0.25, 0.3) is 5.91 Å². The van der Waals surface area contributed by atoms with Crippen molar-refractivity contribution >= 4 is 5.91 Å². The van der Waals surface area contributed by atoms with Gasteiger partial charge in [0.2, 0.25) is 0 Å². The summed E-state index contributed by atoms with van der Waals surface area (Å²) >= 11 is 0. The quantitative estimate of drug-likeness (QED) is 0.543. The van der Waals surface area contributed by atoms with E-state index >= 15 is 0 Å². The first-order valence-electron chi connectivity index (χ1n) is 13.8. The van der Waals surface area contributed by atoms with Gasteiger partial charge in [-0.15, -0.1) is 0 Å². The van der Waals surface area contributed by atoms with Crippen LogP contribution in [-0.4, -0.2) is 12.5 Å². The second kappa shape index (κ2) is 9.44. The van der Waals surface area contributed by atoms with Crippen LogP contribution < -0.4 is 5.32 Å². The molecule has 0 radical (unpaired) electrons. The molecule has 0 aliphatic heterocycles. The molecule has 0 aromatic heterocycles. The molecule has 4 saturated carbocycles. The lowest BCUT2D eigenvalue weighted by Gasteiger charge is -2.61. The van der Waals surface area contributed by atoms with E-state index in [2.05, 4.69) is 25.2 Å². The van der Waals surface area contributed by atoms with Crippen molar-refractivity contribution in [3.05, 3.63) is 35.4 Å². The third-order valence-electron chi connectivity index (χ3n) is 10.8. The van der Waals surface area contributed by atoms with Gasteiger partial charge < -0.3 is 5.32 Å². The zero-order valence-corrected chi connectivity index (χ0v) is 20.7. The molecule has 4 aliphatic carbocycles. The molecule has 3 unspecified atom stereocenters. The fourth-order valence-corrected chi connectivity index (χ4v) is 9.26. The number of nitrogens with one attached hydrogen (secondary N) is 1. The van der Waals surface area contributed by atoms with Crippen LogP contribution in [0.4, 0.5) is 0 Å². The van der Waals surface area contributed by atoms with Gasteiger partial charge in [-0.05, 0) is 129 Å². The first-order chi connectivity index (χ1) is 16.1. The second-order valence-corrected chi connectivity index (χ2v) is 12.0. The average Bonchev–Trinajstić information content (AvgIpc) is 2.86. The van der Waals surface area contributed by atoms with Crippen LogP contribution in [0.5, 0.6) is 0 Å². The lowest BCUT2D eigenvalue weighted by Crippen LogP contribution is -2.55. The van der Waals surface area contributed by atoms with Gasteiger partial charge in [0.05, 0.1) is 11.6 Å². The minimum absolute atomic E-state index is 0.0124. The molecule has 178 valence electrons. The largest absolute Gasteiger partial charge is 0.352 e. The number of rotatable bonds is 4. The van der Waals surface area contributed by atoms with Crippen LogP contribution in [0, 0.1) is 58.2 Å². The molecule has 4 aliphatic rings. The smallest absolute Gasteiger partial charge is 0.251 e. The van der Waals surface area contributed by atoms with Gasteiger partial charge in [-0.25, -0.2) is 0 Å². The monoisotopic (exact) mass is 446 g/mol. The van der Waals surface area contributed by atoms with Crippen molar-refractivity contribution in [2.24, 2.45) is 46.8 Å². The highest BCUT2D eigenvalue weighted by Crippen LogP contribution is 2.64. The number of nitriles is 1. The number of fused-ring (bicyclic) bond motifs is 5. The summed E-state index contributed by atoms with van der Waals surface area (Å²) in [6, 6.07) is 9.17. The van der Waals surface area contributed by atoms with Crippen molar-refractivity contribution in [2.45, 2.75) is 84.5 Å². The predicted molar refractivity (Wildman–Crippen MR) is 132 cm³/mol. The van der Waals surface area contributed by atoms with Crippen molar-refractivity contribution in [2.75, 3.05) is 6.54 Å². The molecule has 1 amide bonds.